The van der Waals surface area contributed by atoms with Gasteiger partial charge in [0.25, 0.3) is 0 Å². The summed E-state index contributed by atoms with van der Waals surface area (Å²) in [5.74, 6) is -0.592. The van der Waals surface area contributed by atoms with E-state index in [0.29, 0.717) is 11.4 Å². The Morgan fingerprint density at radius 1 is 1.26 bits per heavy atom. The Morgan fingerprint density at radius 2 is 1.93 bits per heavy atom. The number of carboxylic acid groups (broad SMARTS) is 1. The van der Waals surface area contributed by atoms with Crippen molar-refractivity contribution in [2.45, 2.75) is 25.7 Å². The lowest BCUT2D eigenvalue weighted by molar-refractivity contribution is -0.129. The molecule has 0 spiro atoms. The molecule has 1 saturated carbocycles. The standard InChI is InChI=1S/C18H20N4O4S/c1-26-12-8-6-11(7-9-12)20-15-14(13(19)17(24)25)27-18(21-15)22-16(23)10-4-2-3-5-10/h6-10,19-20H,2-5H2,1H3,(H,24,25)(H,21,22,23). The summed E-state index contributed by atoms with van der Waals surface area (Å²) in [6.07, 6.45) is 3.78. The van der Waals surface area contributed by atoms with Crippen LogP contribution < -0.4 is 15.4 Å². The number of aliphatic carboxylic acids is 1. The second-order valence-electron chi connectivity index (χ2n) is 6.20. The highest BCUT2D eigenvalue weighted by Crippen LogP contribution is 2.32. The zero-order valence-electron chi connectivity index (χ0n) is 14.7. The first-order chi connectivity index (χ1) is 13.0. The Labute approximate surface area is 160 Å². The summed E-state index contributed by atoms with van der Waals surface area (Å²) in [5.41, 5.74) is 0.0825. The molecular weight excluding hydrogens is 368 g/mol. The van der Waals surface area contributed by atoms with Crippen molar-refractivity contribution >= 4 is 45.6 Å². The third kappa shape index (κ3) is 4.43. The van der Waals surface area contributed by atoms with Gasteiger partial charge in [0.2, 0.25) is 5.91 Å². The number of hydrogen-bond donors (Lipinski definition) is 4. The van der Waals surface area contributed by atoms with Crippen molar-refractivity contribution in [2.24, 2.45) is 5.92 Å². The second-order valence-corrected chi connectivity index (χ2v) is 7.20. The Balaban J connectivity index is 1.83. The molecule has 4 N–H and O–H groups in total. The van der Waals surface area contributed by atoms with E-state index in [4.69, 9.17) is 10.1 Å². The number of methoxy groups -OCH3 is 1. The zero-order valence-corrected chi connectivity index (χ0v) is 15.6. The number of carboxylic acids is 1. The molecule has 9 heteroatoms. The summed E-state index contributed by atoms with van der Waals surface area (Å²) in [5, 5.41) is 23.1. The lowest BCUT2D eigenvalue weighted by atomic mass is 10.1. The van der Waals surface area contributed by atoms with Crippen LogP contribution in [0.25, 0.3) is 0 Å². The smallest absolute Gasteiger partial charge is 0.355 e. The highest BCUT2D eigenvalue weighted by molar-refractivity contribution is 7.19. The van der Waals surface area contributed by atoms with Crippen LogP contribution in [0.4, 0.5) is 16.6 Å². The van der Waals surface area contributed by atoms with E-state index < -0.39 is 11.7 Å². The van der Waals surface area contributed by atoms with Crippen LogP contribution in [-0.4, -0.2) is 34.8 Å². The van der Waals surface area contributed by atoms with E-state index in [1.54, 1.807) is 31.4 Å². The van der Waals surface area contributed by atoms with Gasteiger partial charge in [-0.25, -0.2) is 9.78 Å². The van der Waals surface area contributed by atoms with Gasteiger partial charge in [0.15, 0.2) is 16.7 Å². The van der Waals surface area contributed by atoms with Gasteiger partial charge in [-0.15, -0.1) is 0 Å². The van der Waals surface area contributed by atoms with Gasteiger partial charge in [-0.05, 0) is 37.1 Å². The maximum atomic E-state index is 12.3. The molecular formula is C18H20N4O4S. The minimum Gasteiger partial charge on any atom is -0.497 e. The first kappa shape index (κ1) is 18.8. The number of anilines is 3. The number of hydrogen-bond acceptors (Lipinski definition) is 7. The number of ether oxygens (including phenoxy) is 1. The molecule has 0 saturated heterocycles. The normalized spacial score (nSPS) is 14.0. The van der Waals surface area contributed by atoms with Gasteiger partial charge in [-0.2, -0.15) is 0 Å². The fraction of sp³-hybridized carbons (Fsp3) is 0.333. The number of rotatable bonds is 7. The van der Waals surface area contributed by atoms with Crippen molar-refractivity contribution in [1.82, 2.24) is 4.98 Å². The molecule has 0 aliphatic heterocycles. The van der Waals surface area contributed by atoms with E-state index in [1.807, 2.05) is 0 Å². The van der Waals surface area contributed by atoms with Crippen LogP contribution in [0, 0.1) is 11.3 Å². The van der Waals surface area contributed by atoms with Gasteiger partial charge in [0, 0.05) is 11.6 Å². The summed E-state index contributed by atoms with van der Waals surface area (Å²) in [7, 11) is 1.56. The van der Waals surface area contributed by atoms with E-state index in [9.17, 15) is 14.7 Å². The maximum absolute atomic E-state index is 12.3. The largest absolute Gasteiger partial charge is 0.497 e. The van der Waals surface area contributed by atoms with Crippen LogP contribution in [0.1, 0.15) is 30.6 Å². The van der Waals surface area contributed by atoms with Crippen LogP contribution in [0.5, 0.6) is 5.75 Å². The monoisotopic (exact) mass is 388 g/mol. The molecule has 1 heterocycles. The molecule has 1 aliphatic carbocycles. The molecule has 1 aliphatic rings. The zero-order chi connectivity index (χ0) is 19.4. The number of amides is 1. The van der Waals surface area contributed by atoms with Gasteiger partial charge in [0.05, 0.1) is 7.11 Å². The summed E-state index contributed by atoms with van der Waals surface area (Å²) < 4.78 is 5.11. The van der Waals surface area contributed by atoms with Crippen LogP contribution in [0.3, 0.4) is 0 Å². The predicted molar refractivity (Wildman–Crippen MR) is 103 cm³/mol. The number of nitrogens with zero attached hydrogens (tertiary/aromatic N) is 1. The molecule has 0 atom stereocenters. The molecule has 0 unspecified atom stereocenters. The van der Waals surface area contributed by atoms with Gasteiger partial charge in [-0.1, -0.05) is 24.2 Å². The average molecular weight is 388 g/mol. The number of carbonyl (C=O) groups is 2. The third-order valence-electron chi connectivity index (χ3n) is 4.38. The van der Waals surface area contributed by atoms with E-state index >= 15 is 0 Å². The van der Waals surface area contributed by atoms with Crippen molar-refractivity contribution in [3.63, 3.8) is 0 Å². The summed E-state index contributed by atoms with van der Waals surface area (Å²) in [4.78, 5) is 28.0. The number of nitrogens with one attached hydrogen (secondary N) is 3. The van der Waals surface area contributed by atoms with E-state index in [2.05, 4.69) is 15.6 Å². The molecule has 2 aromatic rings. The quantitative estimate of drug-likeness (QED) is 0.538. The number of benzene rings is 1. The van der Waals surface area contributed by atoms with Crippen LogP contribution in [0.15, 0.2) is 24.3 Å². The van der Waals surface area contributed by atoms with Crippen LogP contribution >= 0.6 is 11.3 Å². The fourth-order valence-electron chi connectivity index (χ4n) is 2.93. The third-order valence-corrected chi connectivity index (χ3v) is 5.37. The first-order valence-electron chi connectivity index (χ1n) is 8.53. The summed E-state index contributed by atoms with van der Waals surface area (Å²) >= 11 is 0.974. The number of aromatic nitrogens is 1. The van der Waals surface area contributed by atoms with Crippen molar-refractivity contribution in [1.29, 1.82) is 5.41 Å². The van der Waals surface area contributed by atoms with Gasteiger partial charge < -0.3 is 20.5 Å². The molecule has 27 heavy (non-hydrogen) atoms. The SMILES string of the molecule is COc1ccc(Nc2nc(NC(=O)C3CCCC3)sc2C(=N)C(=O)O)cc1. The Kier molecular flexibility index (Phi) is 5.70. The highest BCUT2D eigenvalue weighted by atomic mass is 32.1. The van der Waals surface area contributed by atoms with Crippen molar-refractivity contribution in [3.05, 3.63) is 29.1 Å². The Hall–Kier alpha value is -2.94. The predicted octanol–water partition coefficient (Wildman–Crippen LogP) is 3.48. The Morgan fingerprint density at radius 3 is 2.52 bits per heavy atom. The van der Waals surface area contributed by atoms with E-state index in [1.165, 1.54) is 0 Å². The summed E-state index contributed by atoms with van der Waals surface area (Å²) in [6.45, 7) is 0. The first-order valence-corrected chi connectivity index (χ1v) is 9.34. The molecule has 1 aromatic heterocycles. The Bertz CT molecular complexity index is 857. The second kappa shape index (κ2) is 8.17. The van der Waals surface area contributed by atoms with Crippen LogP contribution in [0.2, 0.25) is 0 Å². The van der Waals surface area contributed by atoms with Crippen molar-refractivity contribution < 1.29 is 19.4 Å². The molecule has 1 aromatic carbocycles. The average Bonchev–Trinajstić information content (AvgIpc) is 3.32. The molecule has 0 bridgehead atoms. The molecule has 3 rings (SSSR count). The molecule has 8 nitrogen and oxygen atoms in total. The molecule has 0 radical (unpaired) electrons. The molecule has 1 amide bonds. The topological polar surface area (TPSA) is 124 Å². The number of carbonyl (C=O) groups excluding carboxylic acids is 1. The van der Waals surface area contributed by atoms with Gasteiger partial charge >= 0.3 is 5.97 Å². The highest BCUT2D eigenvalue weighted by Gasteiger charge is 2.25. The summed E-state index contributed by atoms with van der Waals surface area (Å²) in [6, 6.07) is 7.01. The van der Waals surface area contributed by atoms with E-state index in [0.717, 1.165) is 37.0 Å². The van der Waals surface area contributed by atoms with Gasteiger partial charge in [0.1, 0.15) is 10.6 Å². The van der Waals surface area contributed by atoms with Crippen LogP contribution in [-0.2, 0) is 9.59 Å². The number of thiazole rings is 1. The van der Waals surface area contributed by atoms with Gasteiger partial charge in [-0.3, -0.25) is 10.2 Å². The lowest BCUT2D eigenvalue weighted by Gasteiger charge is -2.07. The fourth-order valence-corrected chi connectivity index (χ4v) is 3.80. The van der Waals surface area contributed by atoms with Crippen molar-refractivity contribution in [3.8, 4) is 5.75 Å². The maximum Gasteiger partial charge on any atom is 0.355 e. The lowest BCUT2D eigenvalue weighted by Crippen LogP contribution is -2.20. The molecule has 142 valence electrons. The molecule has 1 fully saturated rings. The minimum atomic E-state index is -1.36. The van der Waals surface area contributed by atoms with Crippen molar-refractivity contribution in [2.75, 3.05) is 17.7 Å². The van der Waals surface area contributed by atoms with E-state index in [-0.39, 0.29) is 27.7 Å². The minimum absolute atomic E-state index is 0.0331.